The number of non-ortho nitro benzene ring substituents is 1. The van der Waals surface area contributed by atoms with Gasteiger partial charge in [-0.2, -0.15) is 0 Å². The number of halogens is 3. The predicted octanol–water partition coefficient (Wildman–Crippen LogP) is 3.68. The number of amidine groups is 1. The Morgan fingerprint density at radius 3 is 2.77 bits per heavy atom. The molecule has 0 saturated carbocycles. The van der Waals surface area contributed by atoms with Crippen molar-refractivity contribution in [2.45, 2.75) is 38.0 Å². The van der Waals surface area contributed by atoms with Crippen LogP contribution in [0.4, 0.5) is 23.7 Å². The maximum Gasteiger partial charge on any atom is 0.413 e. The quantitative estimate of drug-likeness (QED) is 0.560. The Bertz CT molecular complexity index is 908. The minimum atomic E-state index is -1.64. The lowest BCUT2D eigenvalue weighted by atomic mass is 9.78. The first-order chi connectivity index (χ1) is 14.0. The molecule has 3 rings (SSSR count). The van der Waals surface area contributed by atoms with Gasteiger partial charge in [-0.15, -0.1) is 0 Å². The fourth-order valence-corrected chi connectivity index (χ4v) is 4.66. The second-order valence-corrected chi connectivity index (χ2v) is 8.94. The number of hydrogen-bond donors (Lipinski definition) is 1. The molecule has 164 valence electrons. The van der Waals surface area contributed by atoms with Crippen LogP contribution in [0.15, 0.2) is 17.1 Å². The van der Waals surface area contributed by atoms with Gasteiger partial charge in [0.2, 0.25) is 0 Å². The van der Waals surface area contributed by atoms with Crippen molar-refractivity contribution in [3.05, 3.63) is 39.4 Å². The van der Waals surface area contributed by atoms with E-state index in [0.29, 0.717) is 6.07 Å². The number of benzene rings is 1. The zero-order valence-electron chi connectivity index (χ0n) is 16.4. The number of alkyl halides is 1. The summed E-state index contributed by atoms with van der Waals surface area (Å²) in [6.45, 7) is 3.77. The molecule has 1 saturated heterocycles. The van der Waals surface area contributed by atoms with Crippen LogP contribution in [-0.2, 0) is 15.0 Å². The van der Waals surface area contributed by atoms with Crippen molar-refractivity contribution < 1.29 is 32.4 Å². The van der Waals surface area contributed by atoms with Gasteiger partial charge in [0.1, 0.15) is 17.8 Å². The Labute approximate surface area is 174 Å². The van der Waals surface area contributed by atoms with E-state index < -0.39 is 63.7 Å². The number of amides is 1. The average Bonchev–Trinajstić information content (AvgIpc) is 3.00. The molecule has 0 unspecified atom stereocenters. The van der Waals surface area contributed by atoms with Crippen molar-refractivity contribution in [1.29, 1.82) is 0 Å². The van der Waals surface area contributed by atoms with Gasteiger partial charge < -0.3 is 9.47 Å². The van der Waals surface area contributed by atoms with Crippen LogP contribution in [0, 0.1) is 27.7 Å². The van der Waals surface area contributed by atoms with E-state index in [1.54, 1.807) is 20.8 Å². The van der Waals surface area contributed by atoms with Gasteiger partial charge in [0.25, 0.3) is 5.69 Å². The standard InChI is InChI=1S/C18H20F3N3O5S/c1-17(2,3)29-16(25)22-15-23-18(8-28-13(6-19)11(18)7-30-15)10-4-9(24(26)27)5-12(20)14(10)21/h4-5,11,13H,6-8H2,1-3H3,(H,22,23,25)/t11-,13-,18-/m1/s1. The van der Waals surface area contributed by atoms with Crippen molar-refractivity contribution in [3.63, 3.8) is 0 Å². The number of fused-ring (bicyclic) bond motifs is 1. The number of nitro groups is 1. The van der Waals surface area contributed by atoms with Crippen LogP contribution < -0.4 is 5.32 Å². The Morgan fingerprint density at radius 1 is 1.47 bits per heavy atom. The predicted molar refractivity (Wildman–Crippen MR) is 103 cm³/mol. The third-order valence-electron chi connectivity index (χ3n) is 4.73. The lowest BCUT2D eigenvalue weighted by Gasteiger charge is -2.36. The first kappa shape index (κ1) is 22.3. The molecule has 0 radical (unpaired) electrons. The highest BCUT2D eigenvalue weighted by Gasteiger charge is 2.55. The smallest absolute Gasteiger partial charge is 0.413 e. The van der Waals surface area contributed by atoms with Gasteiger partial charge in [-0.1, -0.05) is 11.8 Å². The Kier molecular flexibility index (Phi) is 6.01. The fraction of sp³-hybridized carbons (Fsp3) is 0.556. The number of carbonyl (C=O) groups excluding carboxylic acids is 1. The number of carbonyl (C=O) groups is 1. The number of nitro benzene ring substituents is 1. The molecule has 1 amide bonds. The summed E-state index contributed by atoms with van der Waals surface area (Å²) < 4.78 is 53.0. The molecular weight excluding hydrogens is 427 g/mol. The van der Waals surface area contributed by atoms with E-state index in [1.165, 1.54) is 0 Å². The van der Waals surface area contributed by atoms with Crippen LogP contribution in [0.3, 0.4) is 0 Å². The highest BCUT2D eigenvalue weighted by atomic mass is 32.2. The van der Waals surface area contributed by atoms with Gasteiger partial charge in [-0.25, -0.2) is 23.0 Å². The van der Waals surface area contributed by atoms with E-state index in [1.807, 2.05) is 0 Å². The topological polar surface area (TPSA) is 103 Å². The average molecular weight is 447 g/mol. The van der Waals surface area contributed by atoms with Crippen LogP contribution in [0.25, 0.3) is 0 Å². The van der Waals surface area contributed by atoms with Gasteiger partial charge in [0.15, 0.2) is 16.8 Å². The molecule has 8 nitrogen and oxygen atoms in total. The summed E-state index contributed by atoms with van der Waals surface area (Å²) in [6, 6.07) is 1.34. The molecule has 0 spiro atoms. The molecule has 0 aliphatic carbocycles. The molecule has 30 heavy (non-hydrogen) atoms. The number of ether oxygens (including phenoxy) is 2. The summed E-state index contributed by atoms with van der Waals surface area (Å²) in [5.41, 5.74) is -3.51. The number of nitrogens with one attached hydrogen (secondary N) is 1. The first-order valence-electron chi connectivity index (χ1n) is 9.01. The van der Waals surface area contributed by atoms with Gasteiger partial charge in [0, 0.05) is 23.3 Å². The van der Waals surface area contributed by atoms with Crippen LogP contribution in [0.2, 0.25) is 0 Å². The third kappa shape index (κ3) is 4.24. The summed E-state index contributed by atoms with van der Waals surface area (Å²) in [4.78, 5) is 26.8. The van der Waals surface area contributed by atoms with Gasteiger partial charge in [0.05, 0.1) is 23.7 Å². The van der Waals surface area contributed by atoms with Crippen molar-refractivity contribution in [2.75, 3.05) is 19.0 Å². The molecule has 2 heterocycles. The van der Waals surface area contributed by atoms with Crippen LogP contribution in [-0.4, -0.2) is 46.9 Å². The van der Waals surface area contributed by atoms with Crippen molar-refractivity contribution in [1.82, 2.24) is 5.32 Å². The summed E-state index contributed by atoms with van der Waals surface area (Å²) in [7, 11) is 0. The molecule has 1 aromatic carbocycles. The largest absolute Gasteiger partial charge is 0.444 e. The van der Waals surface area contributed by atoms with Gasteiger partial charge in [-0.05, 0) is 20.8 Å². The molecule has 1 fully saturated rings. The summed E-state index contributed by atoms with van der Waals surface area (Å²) >= 11 is 1.07. The number of nitrogens with zero attached hydrogens (tertiary/aromatic N) is 2. The minimum absolute atomic E-state index is 0.0370. The summed E-state index contributed by atoms with van der Waals surface area (Å²) in [6.07, 6.45) is -1.76. The van der Waals surface area contributed by atoms with Crippen LogP contribution >= 0.6 is 11.8 Å². The first-order valence-corrected chi connectivity index (χ1v) is 9.99. The lowest BCUT2D eigenvalue weighted by molar-refractivity contribution is -0.385. The maximum absolute atomic E-state index is 14.8. The number of aliphatic imine (C=N–C) groups is 1. The van der Waals surface area contributed by atoms with E-state index in [-0.39, 0.29) is 17.5 Å². The number of hydrogen-bond acceptors (Lipinski definition) is 7. The van der Waals surface area contributed by atoms with Crippen LogP contribution in [0.5, 0.6) is 0 Å². The van der Waals surface area contributed by atoms with Crippen molar-refractivity contribution >= 4 is 28.7 Å². The summed E-state index contributed by atoms with van der Waals surface area (Å²) in [5, 5.41) is 13.6. The van der Waals surface area contributed by atoms with Gasteiger partial charge >= 0.3 is 6.09 Å². The molecule has 1 N–H and O–H groups in total. The SMILES string of the molecule is CC(C)(C)OC(=O)NC1=N[C@@]2(c3cc([N+](=O)[O-])cc(F)c3F)CO[C@H](CF)[C@H]2CS1. The Hall–Kier alpha value is -2.34. The highest BCUT2D eigenvalue weighted by Crippen LogP contribution is 2.49. The molecule has 12 heteroatoms. The molecule has 2 aliphatic heterocycles. The maximum atomic E-state index is 14.8. The Balaban J connectivity index is 2.07. The van der Waals surface area contributed by atoms with E-state index in [9.17, 15) is 28.1 Å². The van der Waals surface area contributed by atoms with E-state index in [4.69, 9.17) is 9.47 Å². The molecule has 0 bridgehead atoms. The van der Waals surface area contributed by atoms with Crippen molar-refractivity contribution in [3.8, 4) is 0 Å². The van der Waals surface area contributed by atoms with E-state index >= 15 is 0 Å². The summed E-state index contributed by atoms with van der Waals surface area (Å²) in [5.74, 6) is -3.33. The second kappa shape index (κ2) is 8.06. The van der Waals surface area contributed by atoms with Gasteiger partial charge in [-0.3, -0.25) is 15.4 Å². The normalized spacial score (nSPS) is 26.0. The van der Waals surface area contributed by atoms with E-state index in [2.05, 4.69) is 10.3 Å². The van der Waals surface area contributed by atoms with E-state index in [0.717, 1.165) is 17.8 Å². The third-order valence-corrected chi connectivity index (χ3v) is 5.72. The molecule has 1 aromatic rings. The number of alkyl carbamates (subject to hydrolysis) is 1. The lowest BCUT2D eigenvalue weighted by Crippen LogP contribution is -2.45. The minimum Gasteiger partial charge on any atom is -0.444 e. The monoisotopic (exact) mass is 447 g/mol. The second-order valence-electron chi connectivity index (χ2n) is 7.94. The highest BCUT2D eigenvalue weighted by molar-refractivity contribution is 8.13. The van der Waals surface area contributed by atoms with Crippen LogP contribution in [0.1, 0.15) is 26.3 Å². The zero-order valence-corrected chi connectivity index (χ0v) is 17.2. The zero-order chi connectivity index (χ0) is 22.3. The molecule has 0 aromatic heterocycles. The molecular formula is C18H20F3N3O5S. The van der Waals surface area contributed by atoms with Crippen molar-refractivity contribution in [2.24, 2.45) is 10.9 Å². The number of rotatable bonds is 3. The Morgan fingerprint density at radius 2 is 2.17 bits per heavy atom. The number of thioether (sulfide) groups is 1. The fourth-order valence-electron chi connectivity index (χ4n) is 3.45. The molecule has 3 atom stereocenters. The molecule has 2 aliphatic rings.